The van der Waals surface area contributed by atoms with Gasteiger partial charge in [0.05, 0.1) is 40.4 Å². The number of fused-ring (bicyclic) bond motifs is 2. The van der Waals surface area contributed by atoms with Crippen LogP contribution in [0.5, 0.6) is 0 Å². The molecule has 3 aromatic heterocycles. The van der Waals surface area contributed by atoms with Gasteiger partial charge in [0, 0.05) is 112 Å². The number of ketones is 1. The molecule has 2 aliphatic heterocycles. The van der Waals surface area contributed by atoms with Gasteiger partial charge in [-0.2, -0.15) is 13.5 Å². The van der Waals surface area contributed by atoms with E-state index in [4.69, 9.17) is 28.8 Å². The van der Waals surface area contributed by atoms with E-state index in [2.05, 4.69) is 34.8 Å². The van der Waals surface area contributed by atoms with Gasteiger partial charge in [-0.3, -0.25) is 48.2 Å². The van der Waals surface area contributed by atoms with Crippen LogP contribution in [0.4, 0.5) is 21.4 Å². The van der Waals surface area contributed by atoms with Crippen molar-refractivity contribution in [2.45, 2.75) is 169 Å². The minimum Gasteiger partial charge on any atom is -0.476 e. The highest BCUT2D eigenvalue weighted by molar-refractivity contribution is 7.85. The highest BCUT2D eigenvalue weighted by Crippen LogP contribution is 2.72. The molecule has 4 saturated carbocycles. The molecule has 0 radical (unpaired) electrons. The maximum Gasteiger partial charge on any atom is 0.409 e. The third-order valence-electron chi connectivity index (χ3n) is 20.8. The molecule has 25 nitrogen and oxygen atoms in total. The fourth-order valence-electron chi connectivity index (χ4n) is 17.1. The number of amides is 6. The largest absolute Gasteiger partial charge is 0.476 e. The van der Waals surface area contributed by atoms with Gasteiger partial charge in [-0.05, 0) is 171 Å². The normalized spacial score (nSPS) is 21.1. The Balaban J connectivity index is 0.689. The summed E-state index contributed by atoms with van der Waals surface area (Å²) in [7, 11) is -2.47. The lowest BCUT2D eigenvalue weighted by molar-refractivity contribution is -0.248. The Morgan fingerprint density at radius 1 is 0.806 bits per heavy atom. The van der Waals surface area contributed by atoms with Gasteiger partial charge in [-0.15, -0.1) is 0 Å². The molecule has 4 bridgehead atoms. The van der Waals surface area contributed by atoms with Crippen LogP contribution in [0.3, 0.4) is 0 Å². The average Bonchev–Trinajstić information content (AvgIpc) is 1.64. The molecule has 3 aromatic carbocycles. The second-order valence-corrected chi connectivity index (χ2v) is 32.7. The number of hydrogen-bond donors (Lipinski definition) is 5. The van der Waals surface area contributed by atoms with Crippen molar-refractivity contribution in [2.75, 3.05) is 67.8 Å². The van der Waals surface area contributed by atoms with Crippen LogP contribution in [-0.2, 0) is 80.8 Å². The van der Waals surface area contributed by atoms with Crippen LogP contribution >= 0.6 is 11.3 Å². The highest BCUT2D eigenvalue weighted by Gasteiger charge is 2.66. The first-order valence-electron chi connectivity index (χ1n) is 35.6. The Morgan fingerprint density at radius 3 is 2.28 bits per heavy atom. The molecular formula is C76H94N10O15S2. The van der Waals surface area contributed by atoms with Gasteiger partial charge >= 0.3 is 12.1 Å². The molecule has 6 amide bonds. The van der Waals surface area contributed by atoms with Gasteiger partial charge in [0.1, 0.15) is 12.4 Å². The van der Waals surface area contributed by atoms with Crippen molar-refractivity contribution >= 4 is 95.7 Å². The van der Waals surface area contributed by atoms with E-state index in [1.807, 2.05) is 78.9 Å². The first-order valence-corrected chi connectivity index (χ1v) is 38.0. The number of carbonyl (C=O) groups excluding carboxylic acids is 7. The predicted octanol–water partition coefficient (Wildman–Crippen LogP) is 11.2. The number of nitrogens with zero attached hydrogens (tertiary/aromatic N) is 7. The first-order chi connectivity index (χ1) is 49.0. The molecule has 12 rings (SSSR count). The van der Waals surface area contributed by atoms with E-state index in [0.717, 1.165) is 76.0 Å². The number of rotatable bonds is 34. The van der Waals surface area contributed by atoms with Crippen LogP contribution in [-0.4, -0.2) is 159 Å². The molecule has 4 aliphatic carbocycles. The lowest BCUT2D eigenvalue weighted by Gasteiger charge is -2.69. The number of ether oxygens (including phenoxy) is 3. The number of hydrogen-bond acceptors (Lipinski definition) is 18. The number of aromatic carboxylic acids is 1. The van der Waals surface area contributed by atoms with Gasteiger partial charge in [-0.1, -0.05) is 82.7 Å². The number of thiazole rings is 1. The Kier molecular flexibility index (Phi) is 23.2. The van der Waals surface area contributed by atoms with E-state index in [-0.39, 0.29) is 116 Å². The summed E-state index contributed by atoms with van der Waals surface area (Å²) in [5, 5.41) is 25.0. The molecule has 103 heavy (non-hydrogen) atoms. The highest BCUT2D eigenvalue weighted by atomic mass is 32.2. The molecule has 27 heteroatoms. The molecule has 6 aromatic rings. The first kappa shape index (κ1) is 75.4. The van der Waals surface area contributed by atoms with Crippen LogP contribution in [0, 0.1) is 35.0 Å². The maximum absolute atomic E-state index is 13.8. The quantitative estimate of drug-likeness (QED) is 0.0142. The Morgan fingerprint density at radius 2 is 1.55 bits per heavy atom. The Bertz CT molecular complexity index is 4310. The number of benzene rings is 3. The summed E-state index contributed by atoms with van der Waals surface area (Å²) in [4.78, 5) is 119. The number of carbonyl (C=O) groups is 8. The van der Waals surface area contributed by atoms with E-state index >= 15 is 0 Å². The molecule has 5 heterocycles. The van der Waals surface area contributed by atoms with Crippen molar-refractivity contribution in [3.63, 3.8) is 0 Å². The number of para-hydroxylation sites is 1. The van der Waals surface area contributed by atoms with Gasteiger partial charge in [0.15, 0.2) is 16.6 Å². The monoisotopic (exact) mass is 1450 g/mol. The van der Waals surface area contributed by atoms with Crippen LogP contribution in [0.2, 0.25) is 0 Å². The van der Waals surface area contributed by atoms with Gasteiger partial charge in [0.25, 0.3) is 27.8 Å². The third kappa shape index (κ3) is 18.4. The fraction of sp³-hybridized carbons (Fsp3) is 0.513. The molecule has 0 saturated heterocycles. The second kappa shape index (κ2) is 31.7. The number of carboxylic acids is 1. The Labute approximate surface area is 604 Å². The number of aryl methyl sites for hydroxylation is 1. The van der Waals surface area contributed by atoms with Crippen molar-refractivity contribution in [2.24, 2.45) is 28.1 Å². The van der Waals surface area contributed by atoms with E-state index in [1.165, 1.54) is 28.4 Å². The van der Waals surface area contributed by atoms with Gasteiger partial charge in [-0.25, -0.2) is 19.6 Å². The number of imide groups is 1. The summed E-state index contributed by atoms with van der Waals surface area (Å²) in [6.45, 7) is 14.6. The maximum atomic E-state index is 13.8. The minimum atomic E-state index is -4.14. The van der Waals surface area contributed by atoms with Gasteiger partial charge < -0.3 is 39.8 Å². The van der Waals surface area contributed by atoms with Crippen molar-refractivity contribution < 1.29 is 70.6 Å². The summed E-state index contributed by atoms with van der Waals surface area (Å²) in [5.41, 5.74) is 6.30. The van der Waals surface area contributed by atoms with Crippen LogP contribution in [0.1, 0.15) is 167 Å². The number of unbranched alkanes of at least 4 members (excludes halogenated alkanes) is 2. The fourth-order valence-corrected chi connectivity index (χ4v) is 18.4. The zero-order valence-electron chi connectivity index (χ0n) is 59.7. The number of pyridine rings is 1. The standard InChI is InChI=1S/C76H94N10O15S2/c1-48(2)66(81-63(88)21-9-8-12-29-85-64(89)26-27-65(85)90)60(87)36-49(3)68(91)78-54-23-22-53(52(37-54)17-14-32-99-33-15-35-103(96,97)98)40-100-72(95)83(7)31-34-101-76-44-73(5)41-74(6,45-76)43-75(42-73,46-76)47-86-50(4)57(38-77-86)55-24-25-62(80-67(55)70(93)94)84-30-28-51-16-13-18-56(58(51)39-84)69(92)82-71-79-59-19-10-11-20-61(59)102-71/h10-11,13,16,18-20,22-27,37-38,48-49,66H,8-9,12,14-15,17,21,28-36,39-47H2,1-7H3,(H,78,91)(H,81,88)(H,93,94)(H,79,82,92)(H,96,97,98)/t49-,66+,73?,74?,75?,76?/m1/s1. The van der Waals surface area contributed by atoms with E-state index in [0.29, 0.717) is 97.0 Å². The molecule has 550 valence electrons. The topological polar surface area (TPSA) is 328 Å². The molecule has 4 fully saturated rings. The zero-order valence-corrected chi connectivity index (χ0v) is 61.4. The van der Waals surface area contributed by atoms with E-state index < -0.39 is 51.4 Å². The minimum absolute atomic E-state index is 0.0183. The molecule has 0 spiro atoms. The summed E-state index contributed by atoms with van der Waals surface area (Å²) < 4.78 is 53.3. The molecule has 4 atom stereocenters. The van der Waals surface area contributed by atoms with Crippen molar-refractivity contribution in [3.05, 3.63) is 130 Å². The SMILES string of the molecule is Cc1c(-c2ccc(N3CCc4cccc(C(=O)Nc5nc6ccccc6s5)c4C3)nc2C(=O)O)cnn1CC12CC3(C)CC(C)(C1)CC(OCCN(C)C(=O)OCc1ccc(NC(=O)[C@H](C)CC(=O)[C@@H](NC(=O)CCCCCN4C(=O)C=CC4=O)C(C)C)cc1CCCOCCCS(=O)(=O)O)(C3)C2. The van der Waals surface area contributed by atoms with Crippen LogP contribution in [0.25, 0.3) is 21.3 Å². The predicted molar refractivity (Wildman–Crippen MR) is 389 cm³/mol. The van der Waals surface area contributed by atoms with Crippen molar-refractivity contribution in [3.8, 4) is 11.1 Å². The number of anilines is 3. The van der Waals surface area contributed by atoms with Crippen molar-refractivity contribution in [1.82, 2.24) is 34.9 Å². The second-order valence-electron chi connectivity index (χ2n) is 30.1. The average molecular weight is 1450 g/mol. The summed E-state index contributed by atoms with van der Waals surface area (Å²) in [6, 6.07) is 21.5. The number of likely N-dealkylation sites (N-methyl/N-ethyl adjacent to an activating group) is 1. The molecule has 6 aliphatic rings. The van der Waals surface area contributed by atoms with E-state index in [9.17, 15) is 51.9 Å². The number of nitrogens with one attached hydrogen (secondary N) is 3. The van der Waals surface area contributed by atoms with Crippen LogP contribution < -0.4 is 20.9 Å². The van der Waals surface area contributed by atoms with E-state index in [1.54, 1.807) is 44.4 Å². The lowest BCUT2D eigenvalue weighted by atomic mass is 9.39. The van der Waals surface area contributed by atoms with Gasteiger partial charge in [0.2, 0.25) is 11.8 Å². The lowest BCUT2D eigenvalue weighted by Crippen LogP contribution is -2.64. The number of carboxylic acid groups (broad SMARTS) is 1. The zero-order chi connectivity index (χ0) is 73.6. The smallest absolute Gasteiger partial charge is 0.409 e. The molecule has 2 unspecified atom stereocenters. The molecule has 5 N–H and O–H groups in total. The molecular weight excluding hydrogens is 1360 g/mol. The third-order valence-corrected chi connectivity index (χ3v) is 22.6. The number of aromatic nitrogens is 4. The Hall–Kier alpha value is -8.76. The van der Waals surface area contributed by atoms with Crippen LogP contribution in [0.15, 0.2) is 91.1 Å². The number of Topliss-reactive ketones (excluding diaryl/α,β-unsaturated/α-hetero) is 1. The summed E-state index contributed by atoms with van der Waals surface area (Å²) in [6.07, 6.45) is 12.5. The van der Waals surface area contributed by atoms with Crippen molar-refractivity contribution in [1.29, 1.82) is 0 Å². The summed E-state index contributed by atoms with van der Waals surface area (Å²) in [5.74, 6) is -4.13. The summed E-state index contributed by atoms with van der Waals surface area (Å²) >= 11 is 1.41.